The summed E-state index contributed by atoms with van der Waals surface area (Å²) in [5, 5.41) is 0. The van der Waals surface area contributed by atoms with Gasteiger partial charge < -0.3 is 19.1 Å². The zero-order valence-corrected chi connectivity index (χ0v) is 38.5. The Hall–Kier alpha value is -2.26. The predicted molar refractivity (Wildman–Crippen MR) is 239 cm³/mol. The van der Waals surface area contributed by atoms with E-state index in [9.17, 15) is 23.8 Å². The molecule has 1 aliphatic rings. The van der Waals surface area contributed by atoms with Gasteiger partial charge in [-0.25, -0.2) is 4.57 Å². The van der Waals surface area contributed by atoms with Crippen LogP contribution in [0.1, 0.15) is 213 Å². The van der Waals surface area contributed by atoms with Crippen molar-refractivity contribution in [2.24, 2.45) is 5.92 Å². The molecule has 1 N–H and O–H groups in total. The second-order valence-corrected chi connectivity index (χ2v) is 17.8. The SMILES string of the molecule is CCCCCCCC/C=C\CCCCCCCC(=O)OCC(COP(=O)(O)OCCCC(=O)OCC1C=C1C)OC(=O)CCCCCCC/C=C\CCCCCCCC. The van der Waals surface area contributed by atoms with E-state index in [1.807, 2.05) is 13.0 Å². The van der Waals surface area contributed by atoms with Crippen LogP contribution >= 0.6 is 7.82 Å². The van der Waals surface area contributed by atoms with Gasteiger partial charge >= 0.3 is 25.7 Å². The van der Waals surface area contributed by atoms with Crippen LogP contribution in [0.15, 0.2) is 36.0 Å². The van der Waals surface area contributed by atoms with Crippen molar-refractivity contribution >= 4 is 25.7 Å². The van der Waals surface area contributed by atoms with Gasteiger partial charge in [0, 0.05) is 25.2 Å². The number of hydrogen-bond donors (Lipinski definition) is 1. The first-order valence-corrected chi connectivity index (χ1v) is 25.3. The van der Waals surface area contributed by atoms with Crippen LogP contribution in [-0.4, -0.2) is 55.3 Å². The molecule has 0 bridgehead atoms. The van der Waals surface area contributed by atoms with Crippen molar-refractivity contribution in [1.82, 2.24) is 0 Å². The lowest BCUT2D eigenvalue weighted by atomic mass is 10.1. The fourth-order valence-corrected chi connectivity index (χ4v) is 7.40. The summed E-state index contributed by atoms with van der Waals surface area (Å²) in [5.74, 6) is -1.08. The molecule has 0 aromatic rings. The highest BCUT2D eigenvalue weighted by atomic mass is 31.2. The van der Waals surface area contributed by atoms with Crippen molar-refractivity contribution < 1.29 is 47.1 Å². The fourth-order valence-electron chi connectivity index (χ4n) is 6.61. The summed E-state index contributed by atoms with van der Waals surface area (Å²) in [6, 6.07) is 0. The van der Waals surface area contributed by atoms with Gasteiger partial charge in [0.1, 0.15) is 13.2 Å². The van der Waals surface area contributed by atoms with E-state index in [0.29, 0.717) is 19.4 Å². The summed E-state index contributed by atoms with van der Waals surface area (Å²) in [6.07, 6.45) is 40.9. The molecule has 0 aliphatic heterocycles. The zero-order valence-electron chi connectivity index (χ0n) is 37.7. The maximum absolute atomic E-state index is 12.7. The third kappa shape index (κ3) is 37.2. The maximum atomic E-state index is 12.7. The Morgan fingerprint density at radius 1 is 0.576 bits per heavy atom. The van der Waals surface area contributed by atoms with Crippen molar-refractivity contribution in [2.45, 2.75) is 219 Å². The second kappa shape index (κ2) is 38.6. The van der Waals surface area contributed by atoms with Gasteiger partial charge in [-0.2, -0.15) is 0 Å². The third-order valence-corrected chi connectivity index (χ3v) is 11.6. The molecule has 0 saturated heterocycles. The molecule has 1 aliphatic carbocycles. The molecule has 10 nitrogen and oxygen atoms in total. The number of phosphoric ester groups is 1. The van der Waals surface area contributed by atoms with E-state index in [4.69, 9.17) is 23.3 Å². The minimum atomic E-state index is -4.53. The largest absolute Gasteiger partial charge is 0.472 e. The number of hydrogen-bond acceptors (Lipinski definition) is 9. The van der Waals surface area contributed by atoms with Gasteiger partial charge in [-0.3, -0.25) is 23.4 Å². The number of esters is 3. The van der Waals surface area contributed by atoms with E-state index in [2.05, 4.69) is 38.2 Å². The second-order valence-electron chi connectivity index (χ2n) is 16.4. The molecule has 0 amide bonds. The Labute approximate surface area is 359 Å². The maximum Gasteiger partial charge on any atom is 0.472 e. The fraction of sp³-hybridized carbons (Fsp3) is 0.812. The van der Waals surface area contributed by atoms with Gasteiger partial charge in [-0.1, -0.05) is 153 Å². The Morgan fingerprint density at radius 3 is 1.46 bits per heavy atom. The predicted octanol–water partition coefficient (Wildman–Crippen LogP) is 13.5. The molecular formula is C48H85O10P. The summed E-state index contributed by atoms with van der Waals surface area (Å²) in [6.45, 7) is 5.80. The average Bonchev–Trinajstić information content (AvgIpc) is 3.94. The van der Waals surface area contributed by atoms with E-state index in [-0.39, 0.29) is 44.8 Å². The lowest BCUT2D eigenvalue weighted by Gasteiger charge is -2.20. The normalized spacial score (nSPS) is 15.3. The van der Waals surface area contributed by atoms with Crippen LogP contribution in [0.4, 0.5) is 0 Å². The monoisotopic (exact) mass is 853 g/mol. The molecule has 0 fully saturated rings. The van der Waals surface area contributed by atoms with Crippen LogP contribution in [0, 0.1) is 5.92 Å². The summed E-state index contributed by atoms with van der Waals surface area (Å²) >= 11 is 0. The quantitative estimate of drug-likeness (QED) is 0.0208. The molecule has 0 radical (unpaired) electrons. The molecule has 0 aromatic heterocycles. The van der Waals surface area contributed by atoms with Crippen LogP contribution in [0.2, 0.25) is 0 Å². The molecule has 0 saturated carbocycles. The van der Waals surface area contributed by atoms with Gasteiger partial charge in [0.25, 0.3) is 0 Å². The Bertz CT molecular complexity index is 1200. The van der Waals surface area contributed by atoms with Crippen molar-refractivity contribution in [1.29, 1.82) is 0 Å². The van der Waals surface area contributed by atoms with Crippen LogP contribution in [0.5, 0.6) is 0 Å². The zero-order chi connectivity index (χ0) is 43.1. The van der Waals surface area contributed by atoms with Gasteiger partial charge in [0.2, 0.25) is 0 Å². The first-order chi connectivity index (χ1) is 28.7. The Morgan fingerprint density at radius 2 is 0.983 bits per heavy atom. The van der Waals surface area contributed by atoms with Crippen molar-refractivity contribution in [2.75, 3.05) is 26.4 Å². The number of rotatable bonds is 43. The standard InChI is InChI=1S/C48H85O10P/c1-4-6-8-10-12-14-16-18-20-22-24-26-28-30-32-35-46(49)55-41-45(42-57-59(52,53)56-38-34-37-47(50)54-40-44-39-43(44)3)58-48(51)36-33-31-29-27-25-23-21-19-17-15-13-11-9-7-5-2/h18-21,39,44-45H,4-17,22-38,40-42H2,1-3H3,(H,52,53)/b20-18-,21-19-. The number of allylic oxidation sites excluding steroid dienone is 4. The van der Waals surface area contributed by atoms with Gasteiger partial charge in [-0.15, -0.1) is 0 Å². The first kappa shape index (κ1) is 54.8. The van der Waals surface area contributed by atoms with Crippen LogP contribution in [0.25, 0.3) is 0 Å². The van der Waals surface area contributed by atoms with Gasteiger partial charge in [-0.05, 0) is 77.6 Å². The molecule has 3 unspecified atom stereocenters. The summed E-state index contributed by atoms with van der Waals surface area (Å²) < 4.78 is 38.9. The lowest BCUT2D eigenvalue weighted by Crippen LogP contribution is -2.29. The Balaban J connectivity index is 2.34. The molecule has 3 atom stereocenters. The van der Waals surface area contributed by atoms with Crippen molar-refractivity contribution in [3.05, 3.63) is 36.0 Å². The molecule has 1 rings (SSSR count). The molecule has 0 aromatic carbocycles. The highest BCUT2D eigenvalue weighted by Crippen LogP contribution is 2.43. The van der Waals surface area contributed by atoms with E-state index in [0.717, 1.165) is 70.6 Å². The van der Waals surface area contributed by atoms with Crippen molar-refractivity contribution in [3.63, 3.8) is 0 Å². The minimum Gasteiger partial charge on any atom is -0.465 e. The molecule has 0 spiro atoms. The number of unbranched alkanes of at least 4 members (excludes halogenated alkanes) is 22. The first-order valence-electron chi connectivity index (χ1n) is 23.8. The summed E-state index contributed by atoms with van der Waals surface area (Å²) in [5.41, 5.74) is 1.19. The lowest BCUT2D eigenvalue weighted by molar-refractivity contribution is -0.161. The molecular weight excluding hydrogens is 767 g/mol. The van der Waals surface area contributed by atoms with Crippen molar-refractivity contribution in [3.8, 4) is 0 Å². The highest BCUT2D eigenvalue weighted by Gasteiger charge is 2.26. The van der Waals surface area contributed by atoms with E-state index >= 15 is 0 Å². The van der Waals surface area contributed by atoms with Crippen LogP contribution < -0.4 is 0 Å². The number of phosphoric acid groups is 1. The highest BCUT2D eigenvalue weighted by molar-refractivity contribution is 7.47. The average molecular weight is 853 g/mol. The van der Waals surface area contributed by atoms with Crippen LogP contribution in [0.3, 0.4) is 0 Å². The summed E-state index contributed by atoms with van der Waals surface area (Å²) in [7, 11) is -4.53. The van der Waals surface area contributed by atoms with Gasteiger partial charge in [0.05, 0.1) is 13.2 Å². The van der Waals surface area contributed by atoms with E-state index in [1.165, 1.54) is 89.0 Å². The smallest absolute Gasteiger partial charge is 0.465 e. The number of carbonyl (C=O) groups is 3. The minimum absolute atomic E-state index is 0.0367. The molecule has 59 heavy (non-hydrogen) atoms. The number of carbonyl (C=O) groups excluding carboxylic acids is 3. The molecule has 0 heterocycles. The van der Waals surface area contributed by atoms with E-state index < -0.39 is 38.4 Å². The van der Waals surface area contributed by atoms with Gasteiger partial charge in [0.15, 0.2) is 6.10 Å². The number of ether oxygens (including phenoxy) is 3. The van der Waals surface area contributed by atoms with E-state index in [1.54, 1.807) is 0 Å². The third-order valence-electron chi connectivity index (χ3n) is 10.6. The molecule has 342 valence electrons. The molecule has 11 heteroatoms. The van der Waals surface area contributed by atoms with Crippen LogP contribution in [-0.2, 0) is 42.2 Å². The topological polar surface area (TPSA) is 135 Å². The Kier molecular flexibility index (Phi) is 35.9. The summed E-state index contributed by atoms with van der Waals surface area (Å²) in [4.78, 5) is 47.4.